The van der Waals surface area contributed by atoms with E-state index in [0.717, 1.165) is 34.1 Å². The van der Waals surface area contributed by atoms with Gasteiger partial charge in [0, 0.05) is 17.0 Å². The fourth-order valence-electron chi connectivity index (χ4n) is 3.31. The van der Waals surface area contributed by atoms with Crippen molar-refractivity contribution in [3.8, 4) is 0 Å². The van der Waals surface area contributed by atoms with E-state index in [1.165, 1.54) is 0 Å². The molecule has 3 rings (SSSR count). The van der Waals surface area contributed by atoms with Crippen LogP contribution in [0.25, 0.3) is 11.0 Å². The van der Waals surface area contributed by atoms with E-state index in [4.69, 9.17) is 9.52 Å². The molecule has 5 nitrogen and oxygen atoms in total. The van der Waals surface area contributed by atoms with Crippen molar-refractivity contribution in [3.63, 3.8) is 0 Å². The maximum Gasteiger partial charge on any atom is 0.306 e. The van der Waals surface area contributed by atoms with Crippen molar-refractivity contribution in [2.45, 2.75) is 45.6 Å². The van der Waals surface area contributed by atoms with Crippen molar-refractivity contribution in [2.24, 2.45) is 5.92 Å². The average molecular weight is 315 g/mol. The number of hydrogen-bond acceptors (Lipinski definition) is 3. The molecule has 1 aromatic carbocycles. The van der Waals surface area contributed by atoms with E-state index in [1.54, 1.807) is 6.26 Å². The summed E-state index contributed by atoms with van der Waals surface area (Å²) in [7, 11) is 0. The summed E-state index contributed by atoms with van der Waals surface area (Å²) in [6.45, 7) is 4.04. The molecule has 1 aromatic heterocycles. The van der Waals surface area contributed by atoms with Gasteiger partial charge in [0.25, 0.3) is 0 Å². The first-order valence-corrected chi connectivity index (χ1v) is 7.94. The summed E-state index contributed by atoms with van der Waals surface area (Å²) in [5.41, 5.74) is 3.95. The molecule has 0 aliphatic heterocycles. The first-order chi connectivity index (χ1) is 11.0. The van der Waals surface area contributed by atoms with Crippen molar-refractivity contribution in [3.05, 3.63) is 35.1 Å². The van der Waals surface area contributed by atoms with E-state index in [0.29, 0.717) is 12.8 Å². The summed E-state index contributed by atoms with van der Waals surface area (Å²) in [6, 6.07) is 3.98. The summed E-state index contributed by atoms with van der Waals surface area (Å²) in [5, 5.41) is 12.9. The molecule has 1 amide bonds. The largest absolute Gasteiger partial charge is 0.481 e. The van der Waals surface area contributed by atoms with Gasteiger partial charge in [-0.05, 0) is 44.2 Å². The minimum Gasteiger partial charge on any atom is -0.481 e. The highest BCUT2D eigenvalue weighted by molar-refractivity contribution is 5.89. The molecule has 0 radical (unpaired) electrons. The fraction of sp³-hybridized carbons (Fsp3) is 0.444. The Kier molecular flexibility index (Phi) is 4.11. The zero-order valence-electron chi connectivity index (χ0n) is 13.4. The number of nitrogens with one attached hydrogen (secondary N) is 1. The van der Waals surface area contributed by atoms with Crippen molar-refractivity contribution in [1.29, 1.82) is 0 Å². The van der Waals surface area contributed by atoms with Gasteiger partial charge < -0.3 is 14.8 Å². The number of fused-ring (bicyclic) bond motifs is 1. The highest BCUT2D eigenvalue weighted by Crippen LogP contribution is 2.28. The van der Waals surface area contributed by atoms with Crippen molar-refractivity contribution >= 4 is 22.8 Å². The van der Waals surface area contributed by atoms with E-state index in [1.807, 2.05) is 26.0 Å². The number of amides is 1. The summed E-state index contributed by atoms with van der Waals surface area (Å²) in [6.07, 6.45) is 3.78. The Hall–Kier alpha value is -2.30. The van der Waals surface area contributed by atoms with Gasteiger partial charge in [-0.15, -0.1) is 0 Å². The molecule has 1 aliphatic carbocycles. The van der Waals surface area contributed by atoms with Gasteiger partial charge in [0.2, 0.25) is 5.91 Å². The van der Waals surface area contributed by atoms with Crippen LogP contribution in [0, 0.1) is 19.8 Å². The lowest BCUT2D eigenvalue weighted by Gasteiger charge is -2.12. The SMILES string of the molecule is Cc1ccc2c(CC(=O)N[C@H]3CC[C@@H](C(=O)O)C3)coc2c1C. The van der Waals surface area contributed by atoms with Crippen LogP contribution in [-0.4, -0.2) is 23.0 Å². The molecule has 2 N–H and O–H groups in total. The van der Waals surface area contributed by atoms with Gasteiger partial charge in [0.1, 0.15) is 5.58 Å². The van der Waals surface area contributed by atoms with E-state index in [9.17, 15) is 9.59 Å². The van der Waals surface area contributed by atoms with E-state index < -0.39 is 5.97 Å². The lowest BCUT2D eigenvalue weighted by molar-refractivity contribution is -0.141. The number of benzene rings is 1. The van der Waals surface area contributed by atoms with E-state index >= 15 is 0 Å². The Balaban J connectivity index is 1.67. The number of carbonyl (C=O) groups is 2. The fourth-order valence-corrected chi connectivity index (χ4v) is 3.31. The van der Waals surface area contributed by atoms with Gasteiger partial charge in [-0.2, -0.15) is 0 Å². The predicted molar refractivity (Wildman–Crippen MR) is 86.3 cm³/mol. The zero-order valence-corrected chi connectivity index (χ0v) is 13.4. The third kappa shape index (κ3) is 3.09. The van der Waals surface area contributed by atoms with Crippen molar-refractivity contribution < 1.29 is 19.1 Å². The van der Waals surface area contributed by atoms with E-state index in [2.05, 4.69) is 5.32 Å². The van der Waals surface area contributed by atoms with Crippen LogP contribution in [0.3, 0.4) is 0 Å². The molecule has 2 aromatic rings. The second-order valence-corrected chi connectivity index (χ2v) is 6.43. The maximum absolute atomic E-state index is 12.2. The minimum absolute atomic E-state index is 0.0363. The quantitative estimate of drug-likeness (QED) is 0.909. The molecule has 1 aliphatic rings. The number of aliphatic carboxylic acids is 1. The van der Waals surface area contributed by atoms with Crippen molar-refractivity contribution in [1.82, 2.24) is 5.32 Å². The summed E-state index contributed by atoms with van der Waals surface area (Å²) >= 11 is 0. The zero-order chi connectivity index (χ0) is 16.6. The highest BCUT2D eigenvalue weighted by atomic mass is 16.4. The van der Waals surface area contributed by atoms with Crippen LogP contribution in [0.1, 0.15) is 36.0 Å². The first kappa shape index (κ1) is 15.6. The summed E-state index contributed by atoms with van der Waals surface area (Å²) < 4.78 is 5.62. The van der Waals surface area contributed by atoms with Gasteiger partial charge in [0.05, 0.1) is 18.6 Å². The van der Waals surface area contributed by atoms with Gasteiger partial charge in [-0.1, -0.05) is 12.1 Å². The van der Waals surface area contributed by atoms with Gasteiger partial charge >= 0.3 is 5.97 Å². The number of rotatable bonds is 4. The predicted octanol–water partition coefficient (Wildman–Crippen LogP) is 2.96. The molecule has 0 spiro atoms. The topological polar surface area (TPSA) is 79.5 Å². The molecular weight excluding hydrogens is 294 g/mol. The van der Waals surface area contributed by atoms with Crippen LogP contribution in [0.5, 0.6) is 0 Å². The van der Waals surface area contributed by atoms with Crippen LogP contribution in [0.4, 0.5) is 0 Å². The second-order valence-electron chi connectivity index (χ2n) is 6.43. The molecule has 1 saturated carbocycles. The molecular formula is C18H21NO4. The third-order valence-corrected chi connectivity index (χ3v) is 4.84. The molecule has 0 bridgehead atoms. The maximum atomic E-state index is 12.2. The molecule has 0 saturated heterocycles. The minimum atomic E-state index is -0.770. The number of aryl methyl sites for hydroxylation is 2. The number of furan rings is 1. The number of carbonyl (C=O) groups excluding carboxylic acids is 1. The Morgan fingerprint density at radius 2 is 2.09 bits per heavy atom. The Morgan fingerprint density at radius 3 is 2.78 bits per heavy atom. The van der Waals surface area contributed by atoms with Crippen molar-refractivity contribution in [2.75, 3.05) is 0 Å². The van der Waals surface area contributed by atoms with Gasteiger partial charge in [-0.25, -0.2) is 0 Å². The number of hydrogen-bond donors (Lipinski definition) is 2. The standard InChI is InChI=1S/C18H21NO4/c1-10-3-6-15-13(9-23-17(15)11(10)2)8-16(20)19-14-5-4-12(7-14)18(21)22/h3,6,9,12,14H,4-5,7-8H2,1-2H3,(H,19,20)(H,21,22)/t12-,14+/m1/s1. The summed E-state index contributed by atoms with van der Waals surface area (Å²) in [4.78, 5) is 23.2. The Morgan fingerprint density at radius 1 is 1.30 bits per heavy atom. The lowest BCUT2D eigenvalue weighted by atomic mass is 10.0. The number of carboxylic acids is 1. The average Bonchev–Trinajstić information content (AvgIpc) is 3.11. The molecule has 23 heavy (non-hydrogen) atoms. The molecule has 5 heteroatoms. The highest BCUT2D eigenvalue weighted by Gasteiger charge is 2.30. The molecule has 2 atom stereocenters. The van der Waals surface area contributed by atoms with Crippen LogP contribution in [0.15, 0.2) is 22.8 Å². The summed E-state index contributed by atoms with van der Waals surface area (Å²) in [5.74, 6) is -1.18. The smallest absolute Gasteiger partial charge is 0.306 e. The van der Waals surface area contributed by atoms with Crippen LogP contribution in [-0.2, 0) is 16.0 Å². The second kappa shape index (κ2) is 6.07. The van der Waals surface area contributed by atoms with Gasteiger partial charge in [0.15, 0.2) is 0 Å². The molecule has 122 valence electrons. The Bertz CT molecular complexity index is 762. The Labute approximate surface area is 134 Å². The third-order valence-electron chi connectivity index (χ3n) is 4.84. The van der Waals surface area contributed by atoms with E-state index in [-0.39, 0.29) is 24.3 Å². The van der Waals surface area contributed by atoms with Crippen LogP contribution >= 0.6 is 0 Å². The molecule has 1 fully saturated rings. The molecule has 0 unspecified atom stereocenters. The van der Waals surface area contributed by atoms with Crippen LogP contribution < -0.4 is 5.32 Å². The first-order valence-electron chi connectivity index (χ1n) is 7.94. The van der Waals surface area contributed by atoms with Gasteiger partial charge in [-0.3, -0.25) is 9.59 Å². The lowest BCUT2D eigenvalue weighted by Crippen LogP contribution is -2.34. The normalized spacial score (nSPS) is 20.8. The number of carboxylic acid groups (broad SMARTS) is 1. The molecule has 1 heterocycles. The monoisotopic (exact) mass is 315 g/mol. The van der Waals surface area contributed by atoms with Crippen LogP contribution in [0.2, 0.25) is 0 Å².